The van der Waals surface area contributed by atoms with Gasteiger partial charge in [0.25, 0.3) is 0 Å². The second kappa shape index (κ2) is 5.32. The van der Waals surface area contributed by atoms with Gasteiger partial charge in [0.15, 0.2) is 5.78 Å². The molecule has 17 heavy (non-hydrogen) atoms. The number of rotatable bonds is 4. The summed E-state index contributed by atoms with van der Waals surface area (Å²) in [6.45, 7) is 2.55. The smallest absolute Gasteiger partial charge is 0.166 e. The monoisotopic (exact) mass is 233 g/mol. The summed E-state index contributed by atoms with van der Waals surface area (Å²) in [7, 11) is 0. The Balaban J connectivity index is 2.10. The molecular weight excluding hydrogens is 214 g/mol. The van der Waals surface area contributed by atoms with Crippen molar-refractivity contribution in [3.63, 3.8) is 0 Å². The molecule has 2 atom stereocenters. The van der Waals surface area contributed by atoms with Crippen molar-refractivity contribution in [2.24, 2.45) is 11.7 Å². The highest BCUT2D eigenvalue weighted by molar-refractivity contribution is 5.98. The Bertz CT molecular complexity index is 403. The zero-order chi connectivity index (χ0) is 12.3. The summed E-state index contributed by atoms with van der Waals surface area (Å²) in [4.78, 5) is 12.2. The Kier molecular flexibility index (Phi) is 3.79. The molecule has 2 N–H and O–H groups in total. The lowest BCUT2D eigenvalue weighted by Crippen LogP contribution is -2.18. The van der Waals surface area contributed by atoms with E-state index in [0.29, 0.717) is 6.61 Å². The van der Waals surface area contributed by atoms with E-state index in [2.05, 4.69) is 0 Å². The van der Waals surface area contributed by atoms with Crippen LogP contribution < -0.4 is 10.5 Å². The first kappa shape index (κ1) is 12.1. The molecule has 3 nitrogen and oxygen atoms in total. The number of carbonyl (C=O) groups excluding carboxylic acids is 1. The lowest BCUT2D eigenvalue weighted by atomic mass is 9.96. The Morgan fingerprint density at radius 2 is 2.29 bits per heavy atom. The second-order valence-electron chi connectivity index (χ2n) is 4.60. The van der Waals surface area contributed by atoms with E-state index in [1.165, 1.54) is 0 Å². The molecule has 1 aromatic rings. The summed E-state index contributed by atoms with van der Waals surface area (Å²) < 4.78 is 5.40. The highest BCUT2D eigenvalue weighted by atomic mass is 16.5. The van der Waals surface area contributed by atoms with Crippen molar-refractivity contribution in [2.75, 3.05) is 6.61 Å². The highest BCUT2D eigenvalue weighted by Crippen LogP contribution is 2.28. The molecule has 2 rings (SSSR count). The third kappa shape index (κ3) is 2.86. The number of nitrogens with two attached hydrogens (primary N) is 1. The highest BCUT2D eigenvalue weighted by Gasteiger charge is 2.28. The minimum absolute atomic E-state index is 0.0990. The normalized spacial score (nSPS) is 23.6. The van der Waals surface area contributed by atoms with Crippen molar-refractivity contribution in [3.8, 4) is 5.75 Å². The summed E-state index contributed by atoms with van der Waals surface area (Å²) in [5.41, 5.74) is 6.59. The molecule has 2 unspecified atom stereocenters. The maximum Gasteiger partial charge on any atom is 0.166 e. The summed E-state index contributed by atoms with van der Waals surface area (Å²) in [6, 6.07) is 7.62. The first-order chi connectivity index (χ1) is 8.20. The molecule has 0 heterocycles. The zero-order valence-electron chi connectivity index (χ0n) is 10.2. The largest absolute Gasteiger partial charge is 0.494 e. The van der Waals surface area contributed by atoms with Crippen molar-refractivity contribution in [1.82, 2.24) is 0 Å². The van der Waals surface area contributed by atoms with Gasteiger partial charge in [0, 0.05) is 17.5 Å². The van der Waals surface area contributed by atoms with Gasteiger partial charge in [-0.1, -0.05) is 12.1 Å². The van der Waals surface area contributed by atoms with E-state index in [0.717, 1.165) is 30.6 Å². The van der Waals surface area contributed by atoms with E-state index in [4.69, 9.17) is 10.5 Å². The van der Waals surface area contributed by atoms with Gasteiger partial charge in [-0.05, 0) is 38.3 Å². The Morgan fingerprint density at radius 1 is 1.47 bits per heavy atom. The molecule has 0 radical (unpaired) electrons. The van der Waals surface area contributed by atoms with Crippen LogP contribution >= 0.6 is 0 Å². The van der Waals surface area contributed by atoms with Crippen molar-refractivity contribution in [2.45, 2.75) is 32.2 Å². The molecule has 0 amide bonds. The molecule has 1 aliphatic carbocycles. The van der Waals surface area contributed by atoms with Crippen molar-refractivity contribution < 1.29 is 9.53 Å². The Hall–Kier alpha value is -1.35. The molecule has 1 aliphatic rings. The first-order valence-corrected chi connectivity index (χ1v) is 6.23. The van der Waals surface area contributed by atoms with Gasteiger partial charge in [-0.2, -0.15) is 0 Å². The van der Waals surface area contributed by atoms with E-state index >= 15 is 0 Å². The van der Waals surface area contributed by atoms with Gasteiger partial charge in [0.05, 0.1) is 6.61 Å². The number of carbonyl (C=O) groups is 1. The van der Waals surface area contributed by atoms with E-state index < -0.39 is 0 Å². The topological polar surface area (TPSA) is 52.3 Å². The SMILES string of the molecule is CCOc1cccc(C(=O)C2CCC(N)C2)c1. The molecule has 0 spiro atoms. The molecule has 0 saturated heterocycles. The number of hydrogen-bond acceptors (Lipinski definition) is 3. The van der Waals surface area contributed by atoms with E-state index in [9.17, 15) is 4.79 Å². The summed E-state index contributed by atoms with van der Waals surface area (Å²) >= 11 is 0. The molecule has 1 aromatic carbocycles. The quantitative estimate of drug-likeness (QED) is 0.812. The van der Waals surface area contributed by atoms with Crippen LogP contribution in [0.3, 0.4) is 0 Å². The number of hydrogen-bond donors (Lipinski definition) is 1. The Labute approximate surface area is 102 Å². The van der Waals surface area contributed by atoms with Gasteiger partial charge < -0.3 is 10.5 Å². The van der Waals surface area contributed by atoms with Crippen LogP contribution in [0.5, 0.6) is 5.75 Å². The third-order valence-corrected chi connectivity index (χ3v) is 3.27. The minimum atomic E-state index is 0.0990. The molecule has 1 fully saturated rings. The van der Waals surface area contributed by atoms with Crippen LogP contribution in [0, 0.1) is 5.92 Å². The summed E-state index contributed by atoms with van der Waals surface area (Å²) in [5, 5.41) is 0. The maximum absolute atomic E-state index is 12.2. The molecule has 0 bridgehead atoms. The van der Waals surface area contributed by atoms with Gasteiger partial charge in [0.1, 0.15) is 5.75 Å². The average molecular weight is 233 g/mol. The fourth-order valence-corrected chi connectivity index (χ4v) is 2.40. The predicted molar refractivity (Wildman–Crippen MR) is 67.3 cm³/mol. The van der Waals surface area contributed by atoms with Gasteiger partial charge in [-0.15, -0.1) is 0 Å². The lowest BCUT2D eigenvalue weighted by Gasteiger charge is -2.10. The number of ketones is 1. The van der Waals surface area contributed by atoms with Gasteiger partial charge >= 0.3 is 0 Å². The van der Waals surface area contributed by atoms with Crippen molar-refractivity contribution in [3.05, 3.63) is 29.8 Å². The van der Waals surface area contributed by atoms with Crippen LogP contribution in [-0.4, -0.2) is 18.4 Å². The third-order valence-electron chi connectivity index (χ3n) is 3.27. The van der Waals surface area contributed by atoms with E-state index in [1.54, 1.807) is 0 Å². The fourth-order valence-electron chi connectivity index (χ4n) is 2.40. The molecule has 0 aromatic heterocycles. The lowest BCUT2D eigenvalue weighted by molar-refractivity contribution is 0.0921. The predicted octanol–water partition coefficient (Wildman–Crippen LogP) is 2.40. The van der Waals surface area contributed by atoms with Crippen LogP contribution in [0.2, 0.25) is 0 Å². The van der Waals surface area contributed by atoms with Crippen LogP contribution in [0.25, 0.3) is 0 Å². The van der Waals surface area contributed by atoms with Crippen LogP contribution in [0.4, 0.5) is 0 Å². The summed E-state index contributed by atoms with van der Waals surface area (Å²) in [6.07, 6.45) is 2.69. The van der Waals surface area contributed by atoms with Gasteiger partial charge in [-0.3, -0.25) is 4.79 Å². The molecule has 0 aliphatic heterocycles. The average Bonchev–Trinajstić information content (AvgIpc) is 2.76. The van der Waals surface area contributed by atoms with Gasteiger partial charge in [-0.25, -0.2) is 0 Å². The minimum Gasteiger partial charge on any atom is -0.494 e. The maximum atomic E-state index is 12.2. The first-order valence-electron chi connectivity index (χ1n) is 6.23. The van der Waals surface area contributed by atoms with E-state index in [-0.39, 0.29) is 17.7 Å². The number of benzene rings is 1. The molecule has 3 heteroatoms. The summed E-state index contributed by atoms with van der Waals surface area (Å²) in [5.74, 6) is 1.07. The fraction of sp³-hybridized carbons (Fsp3) is 0.500. The molecular formula is C14H19NO2. The van der Waals surface area contributed by atoms with Crippen LogP contribution in [-0.2, 0) is 0 Å². The van der Waals surface area contributed by atoms with Crippen molar-refractivity contribution >= 4 is 5.78 Å². The second-order valence-corrected chi connectivity index (χ2v) is 4.60. The zero-order valence-corrected chi connectivity index (χ0v) is 10.2. The molecule has 1 saturated carbocycles. The number of ether oxygens (including phenoxy) is 1. The Morgan fingerprint density at radius 3 is 2.94 bits per heavy atom. The van der Waals surface area contributed by atoms with Crippen molar-refractivity contribution in [1.29, 1.82) is 0 Å². The van der Waals surface area contributed by atoms with Crippen LogP contribution in [0.1, 0.15) is 36.5 Å². The van der Waals surface area contributed by atoms with E-state index in [1.807, 2.05) is 31.2 Å². The van der Waals surface area contributed by atoms with Crippen LogP contribution in [0.15, 0.2) is 24.3 Å². The van der Waals surface area contributed by atoms with Gasteiger partial charge in [0.2, 0.25) is 0 Å². The molecule has 92 valence electrons. The number of Topliss-reactive ketones (excluding diaryl/α,β-unsaturated/α-hetero) is 1. The standard InChI is InChI=1S/C14H19NO2/c1-2-17-13-5-3-4-10(9-13)14(16)11-6-7-12(15)8-11/h3-5,9,11-12H,2,6-8,15H2,1H3.